The molecule has 16 nitrogen and oxygen atoms in total. The Hall–Kier alpha value is -6.54. The van der Waals surface area contributed by atoms with Gasteiger partial charge < -0.3 is 30.5 Å². The summed E-state index contributed by atoms with van der Waals surface area (Å²) < 4.78 is 50.4. The van der Waals surface area contributed by atoms with Gasteiger partial charge in [-0.05, 0) is 111 Å². The third-order valence-corrected chi connectivity index (χ3v) is 17.2. The zero-order chi connectivity index (χ0) is 49.8. The Morgan fingerprint density at radius 2 is 1.73 bits per heavy atom. The summed E-state index contributed by atoms with van der Waals surface area (Å²) in [5.74, 6) is -4.01. The fourth-order valence-electron chi connectivity index (χ4n) is 10.3. The number of thiophene rings is 1. The first kappa shape index (κ1) is 48.5. The van der Waals surface area contributed by atoms with Crippen molar-refractivity contribution in [2.24, 2.45) is 0 Å². The van der Waals surface area contributed by atoms with Gasteiger partial charge in [0.05, 0.1) is 16.3 Å². The largest absolute Gasteiger partial charge is 0.509 e. The number of amides is 5. The maximum Gasteiger partial charge on any atom is 0.349 e. The number of sulfonamides is 1. The highest BCUT2D eigenvalue weighted by molar-refractivity contribution is 7.88. The average Bonchev–Trinajstić information content (AvgIpc) is 3.79. The molecule has 1 unspecified atom stereocenters. The number of aliphatic hydroxyl groups excluding tert-OH is 1. The molecule has 5 N–H and O–H groups in total. The van der Waals surface area contributed by atoms with Crippen LogP contribution in [0.2, 0.25) is 5.02 Å². The molecular formula is C50H50ClFN6O10S2. The quantitative estimate of drug-likeness (QED) is 0.0555. The Bertz CT molecular complexity index is 3120. The zero-order valence-corrected chi connectivity index (χ0v) is 40.6. The van der Waals surface area contributed by atoms with Crippen LogP contribution in [0.1, 0.15) is 89.4 Å². The second-order valence-electron chi connectivity index (χ2n) is 18.7. The lowest BCUT2D eigenvalue weighted by Crippen LogP contribution is -2.55. The SMILES string of the molecule is C=C(O)COc1c(C(=O)O)sc(-c2cccc(N[C@@H]3CCN(S(=O)(=O)Cc4cc(NC(=O)N5CCC(c6ccc7c8c(cccc68)C(=O)N7C6CCC(=O)NC6=O)CC5)ccc4F)C(C)(C)C3)c2)c1Cl. The molecule has 4 aliphatic heterocycles. The summed E-state index contributed by atoms with van der Waals surface area (Å²) in [5, 5.41) is 29.7. The van der Waals surface area contributed by atoms with E-state index in [0.29, 0.717) is 66.2 Å². The molecule has 1 aromatic heterocycles. The number of halogens is 2. The number of hydrogen-bond acceptors (Lipinski definition) is 11. The molecule has 0 saturated carbocycles. The van der Waals surface area contributed by atoms with Gasteiger partial charge in [-0.15, -0.1) is 11.3 Å². The van der Waals surface area contributed by atoms with Crippen molar-refractivity contribution < 1.29 is 51.7 Å². The van der Waals surface area contributed by atoms with Gasteiger partial charge in [0.15, 0.2) is 10.6 Å². The number of ether oxygens (including phenoxy) is 1. The number of nitrogens with one attached hydrogen (secondary N) is 3. The predicted octanol–water partition coefficient (Wildman–Crippen LogP) is 8.87. The zero-order valence-electron chi connectivity index (χ0n) is 38.2. The van der Waals surface area contributed by atoms with Gasteiger partial charge in [-0.3, -0.25) is 24.6 Å². The first-order valence-electron chi connectivity index (χ1n) is 22.8. The number of nitrogens with zero attached hydrogens (tertiary/aromatic N) is 3. The summed E-state index contributed by atoms with van der Waals surface area (Å²) in [4.78, 5) is 67.4. The van der Waals surface area contributed by atoms with Crippen molar-refractivity contribution in [2.75, 3.05) is 41.8 Å². The number of piperidine rings is 3. The van der Waals surface area contributed by atoms with Gasteiger partial charge >= 0.3 is 12.0 Å². The van der Waals surface area contributed by atoms with E-state index in [9.17, 15) is 42.6 Å². The maximum absolute atomic E-state index is 15.4. The van der Waals surface area contributed by atoms with Crippen LogP contribution >= 0.6 is 22.9 Å². The topological polar surface area (TPSA) is 215 Å². The number of anilines is 3. The summed E-state index contributed by atoms with van der Waals surface area (Å²) in [6, 6.07) is 19.1. The van der Waals surface area contributed by atoms with Crippen molar-refractivity contribution >= 4 is 90.5 Å². The molecule has 3 saturated heterocycles. The lowest BCUT2D eigenvalue weighted by Gasteiger charge is -2.45. The number of rotatable bonds is 13. The molecule has 0 radical (unpaired) electrons. The Morgan fingerprint density at radius 3 is 2.44 bits per heavy atom. The van der Waals surface area contributed by atoms with Crippen LogP contribution < -0.4 is 25.6 Å². The van der Waals surface area contributed by atoms with E-state index in [0.717, 1.165) is 33.7 Å². The van der Waals surface area contributed by atoms with Gasteiger partial charge in [0, 0.05) is 65.5 Å². The number of aromatic carboxylic acids is 1. The minimum absolute atomic E-state index is 0.0639. The number of carbonyl (C=O) groups excluding carboxylic acids is 4. The van der Waals surface area contributed by atoms with E-state index in [-0.39, 0.29) is 82.4 Å². The van der Waals surface area contributed by atoms with Gasteiger partial charge in [-0.2, -0.15) is 4.31 Å². The number of hydrogen-bond donors (Lipinski definition) is 5. The van der Waals surface area contributed by atoms with Gasteiger partial charge in [0.1, 0.15) is 29.2 Å². The number of benzene rings is 4. The van der Waals surface area contributed by atoms with Crippen molar-refractivity contribution in [3.05, 3.63) is 118 Å². The van der Waals surface area contributed by atoms with E-state index in [4.69, 9.17) is 16.3 Å². The van der Waals surface area contributed by atoms with Crippen LogP contribution in [0.15, 0.2) is 85.1 Å². The van der Waals surface area contributed by atoms with Crippen LogP contribution in [0.4, 0.5) is 26.2 Å². The van der Waals surface area contributed by atoms with Crippen LogP contribution in [-0.4, -0.2) is 101 Å². The highest BCUT2D eigenvalue weighted by Gasteiger charge is 2.43. The van der Waals surface area contributed by atoms with E-state index in [1.54, 1.807) is 23.1 Å². The van der Waals surface area contributed by atoms with Crippen molar-refractivity contribution in [1.29, 1.82) is 0 Å². The standard InChI is InChI=1S/C50H50ClFN6O10S2/c1-27(59)25-68-43-42(51)44(69-45(43)48(63)64)29-6-4-7-31(22-29)53-33-18-21-57(50(2,3)24-33)70(66,67)26-30-23-32(10-12-37(30)52)54-49(65)56-19-16-28(17-20-56)34-11-13-38-41-35(34)8-5-9-36(41)47(62)58(38)39-14-15-40(60)55-46(39)61/h4-13,22-23,28,33,39,53,59H,1,14-21,24-26H2,2-3H3,(H,54,65)(H,63,64)(H,55,60,61)/t33-,39?/m1/s1. The van der Waals surface area contributed by atoms with Gasteiger partial charge in [0.25, 0.3) is 5.91 Å². The minimum atomic E-state index is -4.06. The lowest BCUT2D eigenvalue weighted by atomic mass is 9.85. The number of carbonyl (C=O) groups is 5. The van der Waals surface area contributed by atoms with Crippen LogP contribution in [0, 0.1) is 5.82 Å². The fraction of sp³-hybridized carbons (Fsp3) is 0.340. The monoisotopic (exact) mass is 1010 g/mol. The first-order chi connectivity index (χ1) is 33.3. The van der Waals surface area contributed by atoms with Crippen LogP contribution in [0.3, 0.4) is 0 Å². The molecule has 366 valence electrons. The molecule has 0 bridgehead atoms. The van der Waals surface area contributed by atoms with Crippen molar-refractivity contribution in [2.45, 2.75) is 81.7 Å². The van der Waals surface area contributed by atoms with Crippen molar-refractivity contribution in [1.82, 2.24) is 14.5 Å². The summed E-state index contributed by atoms with van der Waals surface area (Å²) >= 11 is 7.53. The molecule has 3 fully saturated rings. The third-order valence-electron chi connectivity index (χ3n) is 13.5. The first-order valence-corrected chi connectivity index (χ1v) is 25.6. The van der Waals surface area contributed by atoms with E-state index in [1.807, 2.05) is 50.2 Å². The molecule has 0 aliphatic carbocycles. The Kier molecular flexibility index (Phi) is 13.2. The van der Waals surface area contributed by atoms with Crippen LogP contribution in [0.25, 0.3) is 21.2 Å². The molecule has 9 rings (SSSR count). The average molecular weight is 1010 g/mol. The molecule has 5 amide bonds. The number of aliphatic hydroxyl groups is 1. The lowest BCUT2D eigenvalue weighted by molar-refractivity contribution is -0.134. The van der Waals surface area contributed by atoms with Crippen LogP contribution in [-0.2, 0) is 25.4 Å². The Morgan fingerprint density at radius 1 is 0.971 bits per heavy atom. The van der Waals surface area contributed by atoms with Crippen molar-refractivity contribution in [3.8, 4) is 16.2 Å². The fourth-order valence-corrected chi connectivity index (χ4v) is 13.7. The molecule has 2 atom stereocenters. The highest BCUT2D eigenvalue weighted by atomic mass is 35.5. The maximum atomic E-state index is 15.4. The summed E-state index contributed by atoms with van der Waals surface area (Å²) in [6.07, 6.45) is 2.47. The molecule has 4 aliphatic rings. The predicted molar refractivity (Wildman–Crippen MR) is 265 cm³/mol. The summed E-state index contributed by atoms with van der Waals surface area (Å²) in [5.41, 5.74) is 2.78. The molecular weight excluding hydrogens is 963 g/mol. The number of imide groups is 1. The molecule has 20 heteroatoms. The van der Waals surface area contributed by atoms with E-state index >= 15 is 4.39 Å². The number of carboxylic acids is 1. The van der Waals surface area contributed by atoms with Gasteiger partial charge in [-0.1, -0.05) is 48.5 Å². The second kappa shape index (κ2) is 19.0. The molecule has 5 heterocycles. The molecule has 4 aromatic carbocycles. The van der Waals surface area contributed by atoms with E-state index in [2.05, 4.69) is 22.5 Å². The molecule has 70 heavy (non-hydrogen) atoms. The normalized spacial score (nSPS) is 19.6. The number of carboxylic acid groups (broad SMARTS) is 1. The van der Waals surface area contributed by atoms with Crippen LogP contribution in [0.5, 0.6) is 5.75 Å². The Labute approximate surface area is 412 Å². The highest BCUT2D eigenvalue weighted by Crippen LogP contribution is 2.47. The minimum Gasteiger partial charge on any atom is -0.509 e. The number of likely N-dealkylation sites (tertiary alicyclic amines) is 1. The second-order valence-corrected chi connectivity index (χ2v) is 22.0. The Balaban J connectivity index is 0.816. The van der Waals surface area contributed by atoms with E-state index < -0.39 is 51.1 Å². The smallest absolute Gasteiger partial charge is 0.349 e. The van der Waals surface area contributed by atoms with Crippen molar-refractivity contribution in [3.63, 3.8) is 0 Å². The summed E-state index contributed by atoms with van der Waals surface area (Å²) in [6.45, 7) is 7.63. The van der Waals surface area contributed by atoms with Gasteiger partial charge in [0.2, 0.25) is 21.8 Å². The number of urea groups is 1. The third kappa shape index (κ3) is 9.42. The summed E-state index contributed by atoms with van der Waals surface area (Å²) in [7, 11) is -4.06. The molecule has 5 aromatic rings. The van der Waals surface area contributed by atoms with Gasteiger partial charge in [-0.25, -0.2) is 22.4 Å². The molecule has 0 spiro atoms. The van der Waals surface area contributed by atoms with E-state index in [1.165, 1.54) is 21.3 Å².